The van der Waals surface area contributed by atoms with Crippen molar-refractivity contribution in [2.45, 2.75) is 108 Å². The van der Waals surface area contributed by atoms with Gasteiger partial charge in [0.25, 0.3) is 0 Å². The first-order valence-corrected chi connectivity index (χ1v) is 13.8. The van der Waals surface area contributed by atoms with Gasteiger partial charge < -0.3 is 33.2 Å². The van der Waals surface area contributed by atoms with Crippen molar-refractivity contribution < 1.29 is 38.0 Å². The van der Waals surface area contributed by atoms with Crippen LogP contribution in [0.5, 0.6) is 0 Å². The fraction of sp³-hybridized carbons (Fsp3) is 0.952. The Morgan fingerprint density at radius 3 is 2.40 bits per heavy atom. The molecule has 4 aliphatic rings. The zero-order valence-corrected chi connectivity index (χ0v) is 20.1. The molecule has 8 nitrogen and oxygen atoms in total. The molecule has 3 saturated heterocycles. The molecule has 4 rings (SSSR count). The Hall–Kier alpha value is -0.553. The molecule has 0 aromatic carbocycles. The number of ether oxygens (including phenoxy) is 5. The lowest BCUT2D eigenvalue weighted by Crippen LogP contribution is -2.75. The Kier molecular flexibility index (Phi) is 5.26. The molecule has 0 aromatic rings. The van der Waals surface area contributed by atoms with E-state index < -0.39 is 55.9 Å². The van der Waals surface area contributed by atoms with Crippen LogP contribution in [0.3, 0.4) is 0 Å². The van der Waals surface area contributed by atoms with Gasteiger partial charge in [-0.3, -0.25) is 4.79 Å². The summed E-state index contributed by atoms with van der Waals surface area (Å²) in [4.78, 5) is 11.7. The quantitative estimate of drug-likeness (QED) is 0.525. The number of carbonyl (C=O) groups is 1. The largest absolute Gasteiger partial charge is 0.433 e. The third-order valence-corrected chi connectivity index (χ3v) is 12.6. The molecule has 6 atom stereocenters. The van der Waals surface area contributed by atoms with Crippen molar-refractivity contribution >= 4 is 14.3 Å². The van der Waals surface area contributed by atoms with E-state index in [0.29, 0.717) is 32.5 Å². The summed E-state index contributed by atoms with van der Waals surface area (Å²) in [5.74, 6) is -1.40. The zero-order valence-electron chi connectivity index (χ0n) is 19.1. The first kappa shape index (κ1) is 22.6. The highest BCUT2D eigenvalue weighted by Gasteiger charge is 2.79. The molecule has 3 heterocycles. The highest BCUT2D eigenvalue weighted by Crippen LogP contribution is 2.66. The maximum Gasteiger partial charge on any atom is 0.305 e. The van der Waals surface area contributed by atoms with Crippen LogP contribution in [-0.4, -0.2) is 68.8 Å². The second-order valence-corrected chi connectivity index (χ2v) is 15.5. The van der Waals surface area contributed by atoms with Crippen molar-refractivity contribution in [2.24, 2.45) is 5.41 Å². The summed E-state index contributed by atoms with van der Waals surface area (Å²) >= 11 is 0. The van der Waals surface area contributed by atoms with Crippen molar-refractivity contribution in [1.82, 2.24) is 0 Å². The van der Waals surface area contributed by atoms with E-state index >= 15 is 0 Å². The monoisotopic (exact) mass is 444 g/mol. The van der Waals surface area contributed by atoms with Crippen molar-refractivity contribution in [3.05, 3.63) is 0 Å². The van der Waals surface area contributed by atoms with Crippen LogP contribution in [0, 0.1) is 5.41 Å². The molecule has 30 heavy (non-hydrogen) atoms. The Bertz CT molecular complexity index is 700. The van der Waals surface area contributed by atoms with Gasteiger partial charge in [0.15, 0.2) is 20.4 Å². The van der Waals surface area contributed by atoms with Gasteiger partial charge in [0, 0.05) is 19.8 Å². The maximum absolute atomic E-state index is 11.7. The molecule has 172 valence electrons. The van der Waals surface area contributed by atoms with E-state index in [0.717, 1.165) is 0 Å². The van der Waals surface area contributed by atoms with E-state index in [9.17, 15) is 9.90 Å². The minimum atomic E-state index is -2.20. The highest BCUT2D eigenvalue weighted by atomic mass is 28.4. The molecule has 0 amide bonds. The molecule has 2 spiro atoms. The number of hydrogen-bond donors (Lipinski definition) is 1. The van der Waals surface area contributed by atoms with Crippen molar-refractivity contribution in [3.8, 4) is 0 Å². The minimum absolute atomic E-state index is 0.0149. The number of hydrogen-bond acceptors (Lipinski definition) is 8. The van der Waals surface area contributed by atoms with Gasteiger partial charge in [-0.15, -0.1) is 0 Å². The van der Waals surface area contributed by atoms with E-state index in [2.05, 4.69) is 33.9 Å². The van der Waals surface area contributed by atoms with Crippen molar-refractivity contribution in [3.63, 3.8) is 0 Å². The molecule has 2 bridgehead atoms. The van der Waals surface area contributed by atoms with Crippen LogP contribution in [0.15, 0.2) is 0 Å². The van der Waals surface area contributed by atoms with Gasteiger partial charge >= 0.3 is 5.97 Å². The van der Waals surface area contributed by atoms with Gasteiger partial charge in [0.2, 0.25) is 6.29 Å². The third-order valence-electron chi connectivity index (χ3n) is 8.08. The predicted octanol–water partition coefficient (Wildman–Crippen LogP) is 2.69. The zero-order chi connectivity index (χ0) is 22.2. The molecule has 1 aliphatic carbocycles. The van der Waals surface area contributed by atoms with Gasteiger partial charge in [0.05, 0.1) is 24.7 Å². The molecule has 1 saturated carbocycles. The molecular formula is C21H36O8Si. The molecule has 1 N–H and O–H groups in total. The number of fused-ring (bicyclic) bond motifs is 2. The number of rotatable bonds is 3. The average Bonchev–Trinajstić information content (AvgIpc) is 3.18. The summed E-state index contributed by atoms with van der Waals surface area (Å²) in [5.41, 5.74) is -1.91. The maximum atomic E-state index is 11.7. The summed E-state index contributed by atoms with van der Waals surface area (Å²) in [6.07, 6.45) is -1.68. The first-order valence-electron chi connectivity index (χ1n) is 10.9. The van der Waals surface area contributed by atoms with E-state index in [1.165, 1.54) is 6.92 Å². The molecule has 0 unspecified atom stereocenters. The Morgan fingerprint density at radius 2 is 1.83 bits per heavy atom. The average molecular weight is 445 g/mol. The number of aliphatic hydroxyl groups is 1. The van der Waals surface area contributed by atoms with Gasteiger partial charge in [-0.2, -0.15) is 0 Å². The van der Waals surface area contributed by atoms with Gasteiger partial charge in [-0.05, 0) is 24.6 Å². The minimum Gasteiger partial charge on any atom is -0.433 e. The lowest BCUT2D eigenvalue weighted by molar-refractivity contribution is -0.391. The number of esters is 1. The summed E-state index contributed by atoms with van der Waals surface area (Å²) in [7, 11) is -2.20. The lowest BCUT2D eigenvalue weighted by atomic mass is 9.57. The van der Waals surface area contributed by atoms with Crippen LogP contribution in [0.1, 0.15) is 53.9 Å². The Morgan fingerprint density at radius 1 is 1.20 bits per heavy atom. The summed E-state index contributed by atoms with van der Waals surface area (Å²) < 4.78 is 36.9. The first-order chi connectivity index (χ1) is 13.8. The molecule has 3 aliphatic heterocycles. The van der Waals surface area contributed by atoms with Gasteiger partial charge in [0.1, 0.15) is 11.7 Å². The fourth-order valence-corrected chi connectivity index (χ4v) is 6.88. The summed E-state index contributed by atoms with van der Waals surface area (Å²) in [6.45, 7) is 15.3. The molecule has 4 fully saturated rings. The van der Waals surface area contributed by atoms with E-state index in [1.54, 1.807) is 0 Å². The predicted molar refractivity (Wildman–Crippen MR) is 109 cm³/mol. The highest BCUT2D eigenvalue weighted by molar-refractivity contribution is 6.74. The van der Waals surface area contributed by atoms with Crippen LogP contribution in [0.2, 0.25) is 18.1 Å². The van der Waals surface area contributed by atoms with Crippen LogP contribution in [0.4, 0.5) is 0 Å². The van der Waals surface area contributed by atoms with E-state index in [4.69, 9.17) is 28.1 Å². The standard InChI is InChI=1S/C21H36O8Si/c1-13(22)26-17-16(23)21-14(29-30(6,7)18(2,3)4)8-9-20(24-10-11-25-20)19(21,5)12-15(27-17)28-21/h14-17,23H,8-12H2,1-7H3/t14-,15-,16-,17+,19-,21-/m1/s1. The third kappa shape index (κ3) is 2.97. The topological polar surface area (TPSA) is 92.7 Å². The smallest absolute Gasteiger partial charge is 0.305 e. The summed E-state index contributed by atoms with van der Waals surface area (Å²) in [5, 5.41) is 11.6. The second kappa shape index (κ2) is 6.97. The Labute approximate surface area is 179 Å². The number of carbonyl (C=O) groups excluding carboxylic acids is 1. The van der Waals surface area contributed by atoms with Crippen LogP contribution < -0.4 is 0 Å². The number of aliphatic hydroxyl groups excluding tert-OH is 1. The lowest BCUT2D eigenvalue weighted by Gasteiger charge is -2.61. The molecule has 0 aromatic heterocycles. The summed E-state index contributed by atoms with van der Waals surface area (Å²) in [6, 6.07) is 0. The van der Waals surface area contributed by atoms with Crippen molar-refractivity contribution in [2.75, 3.05) is 13.2 Å². The fourth-order valence-electron chi connectivity index (χ4n) is 5.52. The SMILES string of the molecule is CC(=O)O[C@H]1O[C@H]2C[C@]3(C)C4(CC[C@@H](O[Si](C)(C)C(C)(C)C)[C@@]3(O2)[C@@H]1O)OCCO4. The molecule has 0 radical (unpaired) electrons. The van der Waals surface area contributed by atoms with E-state index in [-0.39, 0.29) is 5.04 Å². The molecular weight excluding hydrogens is 408 g/mol. The molecule has 9 heteroatoms. The van der Waals surface area contributed by atoms with Crippen LogP contribution >= 0.6 is 0 Å². The Balaban J connectivity index is 1.79. The van der Waals surface area contributed by atoms with Gasteiger partial charge in [-0.25, -0.2) is 0 Å². The second-order valence-electron chi connectivity index (χ2n) is 10.8. The van der Waals surface area contributed by atoms with Gasteiger partial charge in [-0.1, -0.05) is 27.7 Å². The van der Waals surface area contributed by atoms with Crippen LogP contribution in [-0.2, 0) is 32.9 Å². The van der Waals surface area contributed by atoms with Crippen LogP contribution in [0.25, 0.3) is 0 Å². The normalized spacial score (nSPS) is 42.9. The van der Waals surface area contributed by atoms with E-state index in [1.807, 2.05) is 6.92 Å². The van der Waals surface area contributed by atoms with Crippen molar-refractivity contribution in [1.29, 1.82) is 0 Å².